The Kier molecular flexibility index (Phi) is 2.02. The minimum absolute atomic E-state index is 0.357. The number of carbonyl (C=O) groups is 1. The highest BCUT2D eigenvalue weighted by molar-refractivity contribution is 9.14. The van der Waals surface area contributed by atoms with Crippen molar-refractivity contribution in [1.29, 1.82) is 0 Å². The van der Waals surface area contributed by atoms with Crippen LogP contribution < -0.4 is 5.43 Å². The van der Waals surface area contributed by atoms with E-state index in [4.69, 9.17) is 0 Å². The lowest BCUT2D eigenvalue weighted by molar-refractivity contribution is -0.117. The molecule has 5 heteroatoms. The highest BCUT2D eigenvalue weighted by Crippen LogP contribution is 2.18. The van der Waals surface area contributed by atoms with Crippen LogP contribution in [0.3, 0.4) is 0 Å². The van der Waals surface area contributed by atoms with Gasteiger partial charge < -0.3 is 0 Å². The maximum Gasteiger partial charge on any atom is 0.303 e. The molecule has 0 aliphatic carbocycles. The van der Waals surface area contributed by atoms with Gasteiger partial charge in [0.25, 0.3) is 0 Å². The number of nitrogens with zero attached hydrogens (tertiary/aromatic N) is 2. The zero-order chi connectivity index (χ0) is 6.85. The van der Waals surface area contributed by atoms with Crippen LogP contribution in [0.4, 0.5) is 0 Å². The molecule has 47 valence electrons. The second-order valence-corrected chi connectivity index (χ2v) is 2.96. The number of hydrogen-bond acceptors (Lipinski definition) is 2. The van der Waals surface area contributed by atoms with Crippen LogP contribution in [0, 0.1) is 0 Å². The molecule has 0 atom stereocenters. The fourth-order valence-corrected chi connectivity index (χ4v) is 0.778. The summed E-state index contributed by atoms with van der Waals surface area (Å²) in [6.45, 7) is 0. The van der Waals surface area contributed by atoms with Crippen molar-refractivity contribution in [3.63, 3.8) is 0 Å². The molecule has 0 saturated heterocycles. The Morgan fingerprint density at radius 1 is 1.44 bits per heavy atom. The van der Waals surface area contributed by atoms with Gasteiger partial charge in [0.2, 0.25) is 0 Å². The molecule has 3 nitrogen and oxygen atoms in total. The topological polar surface area (TPSA) is 43.5 Å². The van der Waals surface area contributed by atoms with Crippen molar-refractivity contribution in [2.45, 2.75) is 0 Å². The molecule has 1 aliphatic rings. The Hall–Kier alpha value is -0.160. The van der Waals surface area contributed by atoms with Gasteiger partial charge in [0, 0.05) is 0 Å². The van der Waals surface area contributed by atoms with Crippen molar-refractivity contribution in [3.8, 4) is 0 Å². The van der Waals surface area contributed by atoms with E-state index < -0.39 is 0 Å². The third kappa shape index (κ3) is 1.40. The maximum absolute atomic E-state index is 10.6. The lowest BCUT2D eigenvalue weighted by Gasteiger charge is -2.00. The first-order valence-electron chi connectivity index (χ1n) is 2.05. The summed E-state index contributed by atoms with van der Waals surface area (Å²) in [6, 6.07) is 0. The second-order valence-electron chi connectivity index (χ2n) is 1.31. The highest BCUT2D eigenvalue weighted by atomic mass is 79.9. The first kappa shape index (κ1) is 6.95. The molecule has 0 aromatic heterocycles. The third-order valence-electron chi connectivity index (χ3n) is 0.717. The lowest BCUT2D eigenvalue weighted by atomic mass is 10.5. The second kappa shape index (κ2) is 2.62. The van der Waals surface area contributed by atoms with Gasteiger partial charge in [-0.15, -0.1) is 5.43 Å². The zero-order valence-electron chi connectivity index (χ0n) is 4.14. The molecule has 0 fully saturated rings. The molecule has 1 rings (SSSR count). The molecule has 0 aromatic rings. The van der Waals surface area contributed by atoms with Crippen LogP contribution in [0.5, 0.6) is 0 Å². The average molecular weight is 253 g/mol. The molecule has 0 spiro atoms. The normalized spacial score (nSPS) is 18.2. The van der Waals surface area contributed by atoms with E-state index in [-0.39, 0.29) is 5.91 Å². The summed E-state index contributed by atoms with van der Waals surface area (Å²) >= 11 is 6.11. The van der Waals surface area contributed by atoms with E-state index >= 15 is 0 Å². The Labute approximate surface area is 68.5 Å². The van der Waals surface area contributed by atoms with Crippen LogP contribution in [0.2, 0.25) is 0 Å². The zero-order valence-corrected chi connectivity index (χ0v) is 7.31. The predicted molar refractivity (Wildman–Crippen MR) is 40.5 cm³/mol. The number of hydrogen-bond donors (Lipinski definition) is 0. The van der Waals surface area contributed by atoms with E-state index in [1.54, 1.807) is 0 Å². The van der Waals surface area contributed by atoms with Gasteiger partial charge in [-0.05, 0) is 31.9 Å². The Bertz CT molecular complexity index is 209. The minimum Gasteiger partial charge on any atom is -0.264 e. The monoisotopic (exact) mass is 251 g/mol. The smallest absolute Gasteiger partial charge is 0.264 e. The standard InChI is InChI=1S/C4HBr2N2O/c5-2-1-7-8-4(9)3(2)6/h1H. The van der Waals surface area contributed by atoms with Crippen molar-refractivity contribution in [2.75, 3.05) is 0 Å². The fraction of sp³-hybridized carbons (Fsp3) is 0. The van der Waals surface area contributed by atoms with Crippen molar-refractivity contribution in [3.05, 3.63) is 8.96 Å². The highest BCUT2D eigenvalue weighted by Gasteiger charge is 2.13. The quantitative estimate of drug-likeness (QED) is 0.637. The number of carbonyl (C=O) groups excluding carboxylic acids is 1. The summed E-state index contributed by atoms with van der Waals surface area (Å²) in [5.74, 6) is -0.357. The van der Waals surface area contributed by atoms with Crippen molar-refractivity contribution in [1.82, 2.24) is 5.43 Å². The SMILES string of the molecule is O=C1[N]N=CC(Br)=C1Br. The summed E-state index contributed by atoms with van der Waals surface area (Å²) in [5.41, 5.74) is 3.26. The number of rotatable bonds is 0. The van der Waals surface area contributed by atoms with Crippen molar-refractivity contribution >= 4 is 44.0 Å². The summed E-state index contributed by atoms with van der Waals surface area (Å²) in [7, 11) is 0. The molecule has 9 heavy (non-hydrogen) atoms. The lowest BCUT2D eigenvalue weighted by Crippen LogP contribution is -2.14. The van der Waals surface area contributed by atoms with Gasteiger partial charge >= 0.3 is 5.91 Å². The van der Waals surface area contributed by atoms with Gasteiger partial charge in [0.15, 0.2) is 0 Å². The summed E-state index contributed by atoms with van der Waals surface area (Å²) in [5, 5.41) is 3.41. The van der Waals surface area contributed by atoms with E-state index in [2.05, 4.69) is 42.4 Å². The van der Waals surface area contributed by atoms with E-state index in [9.17, 15) is 4.79 Å². The number of amides is 1. The van der Waals surface area contributed by atoms with Crippen molar-refractivity contribution < 1.29 is 4.79 Å². The van der Waals surface area contributed by atoms with E-state index in [0.717, 1.165) is 0 Å². The molecule has 1 radical (unpaired) electrons. The minimum atomic E-state index is -0.357. The molecule has 1 heterocycles. The Morgan fingerprint density at radius 3 is 2.56 bits per heavy atom. The maximum atomic E-state index is 10.6. The van der Waals surface area contributed by atoms with Crippen LogP contribution in [0.1, 0.15) is 0 Å². The van der Waals surface area contributed by atoms with Gasteiger partial charge in [0.1, 0.15) is 4.48 Å². The van der Waals surface area contributed by atoms with Crippen LogP contribution in [-0.4, -0.2) is 12.1 Å². The summed E-state index contributed by atoms with van der Waals surface area (Å²) in [4.78, 5) is 10.6. The summed E-state index contributed by atoms with van der Waals surface area (Å²) in [6.07, 6.45) is 1.45. The molecular weight excluding hydrogens is 252 g/mol. The largest absolute Gasteiger partial charge is 0.303 e. The van der Waals surface area contributed by atoms with E-state index in [1.807, 2.05) is 0 Å². The van der Waals surface area contributed by atoms with Crippen LogP contribution in [0.25, 0.3) is 0 Å². The molecule has 0 saturated carbocycles. The first-order chi connectivity index (χ1) is 4.22. The molecule has 0 unspecified atom stereocenters. The van der Waals surface area contributed by atoms with Crippen LogP contribution in [-0.2, 0) is 4.79 Å². The molecular formula is C4HBr2N2O. The molecule has 1 amide bonds. The van der Waals surface area contributed by atoms with Crippen LogP contribution >= 0.6 is 31.9 Å². The fourth-order valence-electron chi connectivity index (χ4n) is 0.335. The average Bonchev–Trinajstić information content (AvgIpc) is 1.83. The molecule has 0 aromatic carbocycles. The Morgan fingerprint density at radius 2 is 2.11 bits per heavy atom. The molecule has 0 N–H and O–H groups in total. The molecule has 1 aliphatic heterocycles. The van der Waals surface area contributed by atoms with Gasteiger partial charge in [0.05, 0.1) is 10.7 Å². The first-order valence-corrected chi connectivity index (χ1v) is 3.64. The van der Waals surface area contributed by atoms with Gasteiger partial charge in [-0.1, -0.05) is 0 Å². The van der Waals surface area contributed by atoms with Gasteiger partial charge in [-0.3, -0.25) is 4.79 Å². The number of allylic oxidation sites excluding steroid dienone is 1. The van der Waals surface area contributed by atoms with Gasteiger partial charge in [-0.25, -0.2) is 0 Å². The van der Waals surface area contributed by atoms with E-state index in [0.29, 0.717) is 8.96 Å². The van der Waals surface area contributed by atoms with Gasteiger partial charge in [-0.2, -0.15) is 5.10 Å². The third-order valence-corrected chi connectivity index (χ3v) is 2.62. The summed E-state index contributed by atoms with van der Waals surface area (Å²) < 4.78 is 1.04. The predicted octanol–water partition coefficient (Wildman–Crippen LogP) is 1.12. The van der Waals surface area contributed by atoms with Crippen LogP contribution in [0.15, 0.2) is 14.1 Å². The van der Waals surface area contributed by atoms with E-state index in [1.165, 1.54) is 6.21 Å². The molecule has 0 bridgehead atoms. The number of halogens is 2. The Balaban J connectivity index is 2.97. The van der Waals surface area contributed by atoms with Crippen molar-refractivity contribution in [2.24, 2.45) is 5.10 Å².